The van der Waals surface area contributed by atoms with Crippen LogP contribution in [0.3, 0.4) is 0 Å². The Morgan fingerprint density at radius 1 is 1.22 bits per heavy atom. The van der Waals surface area contributed by atoms with Gasteiger partial charge in [-0.25, -0.2) is 13.8 Å². The first-order chi connectivity index (χ1) is 17.0. The minimum absolute atomic E-state index is 0.0142. The van der Waals surface area contributed by atoms with Crippen LogP contribution in [0.1, 0.15) is 70.9 Å². The summed E-state index contributed by atoms with van der Waals surface area (Å²) >= 11 is 1.78. The van der Waals surface area contributed by atoms with Crippen molar-refractivity contribution in [2.45, 2.75) is 83.8 Å². The second kappa shape index (κ2) is 9.87. The molecule has 1 fully saturated rings. The predicted molar refractivity (Wildman–Crippen MR) is 141 cm³/mol. The van der Waals surface area contributed by atoms with Crippen molar-refractivity contribution in [2.24, 2.45) is 0 Å². The van der Waals surface area contributed by atoms with Crippen LogP contribution in [0.15, 0.2) is 21.9 Å². The molecule has 0 unspecified atom stereocenters. The lowest BCUT2D eigenvalue weighted by molar-refractivity contribution is -0.0468. The molecule has 2 aliphatic heterocycles. The van der Waals surface area contributed by atoms with Crippen molar-refractivity contribution >= 4 is 30.4 Å². The molecule has 0 amide bonds. The van der Waals surface area contributed by atoms with Gasteiger partial charge in [0.05, 0.1) is 22.3 Å². The normalized spacial score (nSPS) is 26.1. The molecule has 10 nitrogen and oxygen atoms in total. The van der Waals surface area contributed by atoms with Crippen LogP contribution >= 0.6 is 30.4 Å². The van der Waals surface area contributed by atoms with E-state index in [-0.39, 0.29) is 27.9 Å². The van der Waals surface area contributed by atoms with Gasteiger partial charge in [0.25, 0.3) is 5.56 Å². The molecule has 1 aromatic heterocycles. The Morgan fingerprint density at radius 3 is 2.46 bits per heavy atom. The molecule has 0 aliphatic carbocycles. The molecule has 0 spiro atoms. The summed E-state index contributed by atoms with van der Waals surface area (Å²) in [7, 11) is -4.27. The summed E-state index contributed by atoms with van der Waals surface area (Å²) in [5, 5.41) is 9.86. The summed E-state index contributed by atoms with van der Waals surface area (Å²) in [6.07, 6.45) is -1.49. The summed E-state index contributed by atoms with van der Waals surface area (Å²) in [6, 6.07) is 1.74. The van der Waals surface area contributed by atoms with Gasteiger partial charge in [0.2, 0.25) is 0 Å². The molecule has 2 aliphatic rings. The number of halogens is 2. The molecule has 1 aromatic carbocycles. The maximum absolute atomic E-state index is 15.5. The molecule has 2 N–H and O–H groups in total. The second-order valence-corrected chi connectivity index (χ2v) is 13.9. The van der Waals surface area contributed by atoms with Crippen molar-refractivity contribution in [1.82, 2.24) is 9.55 Å². The zero-order valence-electron chi connectivity index (χ0n) is 21.5. The third-order valence-corrected chi connectivity index (χ3v) is 8.50. The third-order valence-electron chi connectivity index (χ3n) is 6.35. The lowest BCUT2D eigenvalue weighted by Gasteiger charge is -2.34. The number of aliphatic hydroxyl groups excluding tert-OH is 1. The number of fused-ring (bicyclic) bond motifs is 1. The lowest BCUT2D eigenvalue weighted by atomic mass is 9.78. The minimum Gasteiger partial charge on any atom is -0.403 e. The Hall–Kier alpha value is -1.57. The first-order valence-corrected chi connectivity index (χ1v) is 14.3. The molecule has 3 heterocycles. The van der Waals surface area contributed by atoms with E-state index in [4.69, 9.17) is 18.3 Å². The van der Waals surface area contributed by atoms with Crippen molar-refractivity contribution in [3.8, 4) is 5.75 Å². The standard InChI is InChI=1S/C24H31FIN2O8P/c1-23(2,3)13-7-14(24(4,5)6)20-12(19(13)25)11-33-37(32,36-20)35-16-8-18(34-17(16)10-29)28-9-15(26)21(30)27-22(28)31/h7,9,16-18,29H,8,10-11H2,1-6H3,(H,27,30,31)/t16-,17+,18+,37-/m0/s1/i26-2. The van der Waals surface area contributed by atoms with E-state index < -0.39 is 60.8 Å². The van der Waals surface area contributed by atoms with Crippen molar-refractivity contribution in [3.63, 3.8) is 0 Å². The monoisotopic (exact) mass is 650 g/mol. The number of ether oxygens (including phenoxy) is 1. The van der Waals surface area contributed by atoms with Crippen LogP contribution in [0.2, 0.25) is 0 Å². The van der Waals surface area contributed by atoms with Crippen LogP contribution in [-0.4, -0.2) is 33.5 Å². The number of phosphoric acid groups is 1. The maximum Gasteiger partial charge on any atom is 0.530 e. The van der Waals surface area contributed by atoms with Gasteiger partial charge in [0.15, 0.2) is 0 Å². The Bertz CT molecular complexity index is 1380. The van der Waals surface area contributed by atoms with Crippen LogP contribution in [-0.2, 0) is 35.8 Å². The molecule has 4 atom stereocenters. The van der Waals surface area contributed by atoms with Crippen LogP contribution < -0.4 is 15.8 Å². The molecule has 4 rings (SSSR count). The summed E-state index contributed by atoms with van der Waals surface area (Å²) < 4.78 is 53.4. The maximum atomic E-state index is 15.5. The largest absolute Gasteiger partial charge is 0.530 e. The van der Waals surface area contributed by atoms with Crippen molar-refractivity contribution in [3.05, 3.63) is 59.2 Å². The number of nitrogens with zero attached hydrogens (tertiary/aromatic N) is 1. The Kier molecular flexibility index (Phi) is 7.59. The number of rotatable bonds is 4. The summed E-state index contributed by atoms with van der Waals surface area (Å²) in [5.74, 6) is -0.360. The second-order valence-electron chi connectivity index (χ2n) is 11.2. The number of benzene rings is 1. The fourth-order valence-corrected chi connectivity index (χ4v) is 6.22. The zero-order chi connectivity index (χ0) is 27.5. The molecule has 0 saturated carbocycles. The zero-order valence-corrected chi connectivity index (χ0v) is 24.5. The number of aromatic nitrogens is 2. The number of nitrogens with one attached hydrogen (secondary N) is 1. The van der Waals surface area contributed by atoms with Gasteiger partial charge in [0.1, 0.15) is 30.0 Å². The van der Waals surface area contributed by atoms with E-state index in [9.17, 15) is 19.3 Å². The van der Waals surface area contributed by atoms with E-state index in [1.54, 1.807) is 28.7 Å². The topological polar surface area (TPSA) is 129 Å². The SMILES string of the molecule is CC(C)(C)c1cc(C(C)(C)C)c2c(c1F)CO[P@@](=O)(O[C@H]1C[C@H](n3cc([125I])c(=O)[nH]c3=O)O[C@@H]1CO)O2. The van der Waals surface area contributed by atoms with Crippen LogP contribution in [0.25, 0.3) is 0 Å². The molecule has 1 saturated heterocycles. The Balaban J connectivity index is 1.66. The molecule has 37 heavy (non-hydrogen) atoms. The number of aromatic amines is 1. The van der Waals surface area contributed by atoms with E-state index in [0.29, 0.717) is 11.1 Å². The predicted octanol–water partition coefficient (Wildman–Crippen LogP) is 4.26. The van der Waals surface area contributed by atoms with Crippen molar-refractivity contribution in [1.29, 1.82) is 0 Å². The number of hydrogen-bond donors (Lipinski definition) is 2. The lowest BCUT2D eigenvalue weighted by Crippen LogP contribution is -2.33. The van der Waals surface area contributed by atoms with E-state index in [1.165, 1.54) is 10.8 Å². The molecule has 13 heteroatoms. The Morgan fingerprint density at radius 2 is 1.86 bits per heavy atom. The molecule has 204 valence electrons. The summed E-state index contributed by atoms with van der Waals surface area (Å²) in [4.78, 5) is 26.2. The molecular formula is C24H31FIN2O8P. The quantitative estimate of drug-likeness (QED) is 0.371. The van der Waals surface area contributed by atoms with Gasteiger partial charge in [-0.2, -0.15) is 0 Å². The fraction of sp³-hybridized carbons (Fsp3) is 0.583. The highest BCUT2D eigenvalue weighted by atomic mass is 125. The highest BCUT2D eigenvalue weighted by Crippen LogP contribution is 2.59. The summed E-state index contributed by atoms with van der Waals surface area (Å²) in [5.41, 5.74) is -0.866. The first-order valence-electron chi connectivity index (χ1n) is 11.8. The highest BCUT2D eigenvalue weighted by Gasteiger charge is 2.47. The molecule has 0 radical (unpaired) electrons. The van der Waals surface area contributed by atoms with Crippen LogP contribution in [0, 0.1) is 9.39 Å². The molecular weight excluding hydrogens is 619 g/mol. The average molecular weight is 650 g/mol. The van der Waals surface area contributed by atoms with Gasteiger partial charge in [-0.3, -0.25) is 23.4 Å². The van der Waals surface area contributed by atoms with E-state index in [2.05, 4.69) is 4.98 Å². The van der Waals surface area contributed by atoms with Gasteiger partial charge >= 0.3 is 13.5 Å². The van der Waals surface area contributed by atoms with Crippen LogP contribution in [0.4, 0.5) is 4.39 Å². The first kappa shape index (κ1) is 28.4. The Labute approximate surface area is 227 Å². The van der Waals surface area contributed by atoms with Crippen molar-refractivity contribution in [2.75, 3.05) is 6.61 Å². The van der Waals surface area contributed by atoms with E-state index >= 15 is 4.39 Å². The van der Waals surface area contributed by atoms with Gasteiger partial charge in [0, 0.05) is 18.2 Å². The molecule has 0 bridgehead atoms. The van der Waals surface area contributed by atoms with Crippen LogP contribution in [0.5, 0.6) is 5.75 Å². The van der Waals surface area contributed by atoms with Gasteiger partial charge < -0.3 is 14.4 Å². The minimum atomic E-state index is -4.27. The fourth-order valence-electron chi connectivity index (χ4n) is 4.35. The number of H-pyrrole nitrogens is 1. The smallest absolute Gasteiger partial charge is 0.403 e. The van der Waals surface area contributed by atoms with Gasteiger partial charge in [-0.15, -0.1) is 0 Å². The highest BCUT2D eigenvalue weighted by molar-refractivity contribution is 14.1. The summed E-state index contributed by atoms with van der Waals surface area (Å²) in [6.45, 7) is 10.7. The molecule has 2 aromatic rings. The number of phosphoric ester groups is 1. The van der Waals surface area contributed by atoms with Gasteiger partial charge in [-0.1, -0.05) is 41.5 Å². The average Bonchev–Trinajstić information content (AvgIpc) is 3.16. The van der Waals surface area contributed by atoms with Gasteiger partial charge in [-0.05, 0) is 45.1 Å². The van der Waals surface area contributed by atoms with Crippen molar-refractivity contribution < 1.29 is 32.4 Å². The van der Waals surface area contributed by atoms with E-state index in [0.717, 1.165) is 0 Å². The van der Waals surface area contributed by atoms with E-state index in [1.807, 2.05) is 41.5 Å². The number of hydrogen-bond acceptors (Lipinski definition) is 8. The third kappa shape index (κ3) is 5.60. The number of aliphatic hydroxyl groups is 1.